The van der Waals surface area contributed by atoms with Gasteiger partial charge in [0, 0.05) is 17.4 Å². The van der Waals surface area contributed by atoms with E-state index in [1.54, 1.807) is 0 Å². The summed E-state index contributed by atoms with van der Waals surface area (Å²) in [6.45, 7) is 0.693. The zero-order valence-corrected chi connectivity index (χ0v) is 11.6. The second-order valence-electron chi connectivity index (χ2n) is 3.97. The van der Waals surface area contributed by atoms with Crippen LogP contribution in [-0.4, -0.2) is 23.5 Å². The van der Waals surface area contributed by atoms with Crippen molar-refractivity contribution in [1.82, 2.24) is 5.32 Å². The van der Waals surface area contributed by atoms with Gasteiger partial charge in [0.2, 0.25) is 0 Å². The number of thioether (sulfide) groups is 1. The lowest BCUT2D eigenvalue weighted by Crippen LogP contribution is -2.29. The van der Waals surface area contributed by atoms with Crippen LogP contribution in [0.2, 0.25) is 0 Å². The van der Waals surface area contributed by atoms with E-state index in [-0.39, 0.29) is 11.7 Å². The summed E-state index contributed by atoms with van der Waals surface area (Å²) < 4.78 is 13.3. The Labute approximate surface area is 112 Å². The monoisotopic (exact) mass is 317 g/mol. The van der Waals surface area contributed by atoms with Gasteiger partial charge in [-0.3, -0.25) is 4.79 Å². The summed E-state index contributed by atoms with van der Waals surface area (Å²) in [6.07, 6.45) is 2.39. The smallest absolute Gasteiger partial charge is 0.251 e. The van der Waals surface area contributed by atoms with Gasteiger partial charge in [-0.05, 0) is 52.7 Å². The van der Waals surface area contributed by atoms with E-state index in [1.807, 2.05) is 11.8 Å². The molecule has 1 aromatic carbocycles. The summed E-state index contributed by atoms with van der Waals surface area (Å²) in [4.78, 5) is 11.8. The molecule has 0 saturated carbocycles. The molecule has 1 fully saturated rings. The number of hydrogen-bond donors (Lipinski definition) is 1. The van der Waals surface area contributed by atoms with Crippen molar-refractivity contribution in [2.24, 2.45) is 0 Å². The molecule has 1 aliphatic heterocycles. The van der Waals surface area contributed by atoms with Gasteiger partial charge >= 0.3 is 0 Å². The van der Waals surface area contributed by atoms with Crippen molar-refractivity contribution in [3.8, 4) is 0 Å². The van der Waals surface area contributed by atoms with E-state index in [9.17, 15) is 9.18 Å². The third kappa shape index (κ3) is 3.45. The number of hydrogen-bond acceptors (Lipinski definition) is 2. The predicted octanol–water partition coefficient (Wildman–Crippen LogP) is 3.21. The third-order valence-corrected chi connectivity index (χ3v) is 4.70. The van der Waals surface area contributed by atoms with Gasteiger partial charge in [0.1, 0.15) is 5.82 Å². The van der Waals surface area contributed by atoms with Crippen LogP contribution < -0.4 is 5.32 Å². The van der Waals surface area contributed by atoms with Crippen molar-refractivity contribution in [1.29, 1.82) is 0 Å². The van der Waals surface area contributed by atoms with E-state index in [1.165, 1.54) is 30.4 Å². The van der Waals surface area contributed by atoms with Gasteiger partial charge < -0.3 is 5.32 Å². The molecule has 0 aromatic heterocycles. The molecule has 1 saturated heterocycles. The zero-order valence-electron chi connectivity index (χ0n) is 9.21. The van der Waals surface area contributed by atoms with Crippen LogP contribution in [0.5, 0.6) is 0 Å². The first-order valence-corrected chi connectivity index (χ1v) is 7.36. The molecule has 5 heteroatoms. The van der Waals surface area contributed by atoms with Crippen molar-refractivity contribution in [3.63, 3.8) is 0 Å². The fourth-order valence-corrected chi connectivity index (χ4v) is 3.33. The first-order chi connectivity index (χ1) is 8.16. The van der Waals surface area contributed by atoms with E-state index >= 15 is 0 Å². The highest BCUT2D eigenvalue weighted by Gasteiger charge is 2.16. The van der Waals surface area contributed by atoms with Gasteiger partial charge in [-0.1, -0.05) is 0 Å². The van der Waals surface area contributed by atoms with Crippen molar-refractivity contribution < 1.29 is 9.18 Å². The van der Waals surface area contributed by atoms with Crippen LogP contribution >= 0.6 is 27.7 Å². The fraction of sp³-hybridized carbons (Fsp3) is 0.417. The van der Waals surface area contributed by atoms with E-state index < -0.39 is 0 Å². The molecule has 2 rings (SSSR count). The summed E-state index contributed by atoms with van der Waals surface area (Å²) >= 11 is 4.97. The van der Waals surface area contributed by atoms with Gasteiger partial charge in [-0.15, -0.1) is 0 Å². The Morgan fingerprint density at radius 1 is 1.59 bits per heavy atom. The molecule has 1 N–H and O–H groups in total. The average molecular weight is 318 g/mol. The summed E-state index contributed by atoms with van der Waals surface area (Å²) in [6, 6.07) is 4.30. The first kappa shape index (κ1) is 12.9. The first-order valence-electron chi connectivity index (χ1n) is 5.51. The minimum atomic E-state index is -0.354. The largest absolute Gasteiger partial charge is 0.351 e. The van der Waals surface area contributed by atoms with Crippen LogP contribution in [0.4, 0.5) is 4.39 Å². The highest BCUT2D eigenvalue weighted by molar-refractivity contribution is 9.10. The Balaban J connectivity index is 1.92. The molecule has 1 amide bonds. The molecule has 2 nitrogen and oxygen atoms in total. The van der Waals surface area contributed by atoms with Gasteiger partial charge in [0.25, 0.3) is 5.91 Å². The maximum Gasteiger partial charge on any atom is 0.251 e. The summed E-state index contributed by atoms with van der Waals surface area (Å²) in [5.74, 6) is 0.689. The summed E-state index contributed by atoms with van der Waals surface area (Å²) in [5.41, 5.74) is 0.487. The van der Waals surface area contributed by atoms with Crippen molar-refractivity contribution in [2.45, 2.75) is 18.1 Å². The van der Waals surface area contributed by atoms with Crippen LogP contribution in [0.25, 0.3) is 0 Å². The lowest BCUT2D eigenvalue weighted by Gasteiger charge is -2.10. The van der Waals surface area contributed by atoms with Gasteiger partial charge in [-0.25, -0.2) is 4.39 Å². The minimum absolute atomic E-state index is 0.141. The third-order valence-electron chi connectivity index (χ3n) is 2.70. The molecule has 1 atom stereocenters. The van der Waals surface area contributed by atoms with Crippen molar-refractivity contribution >= 4 is 33.6 Å². The zero-order chi connectivity index (χ0) is 12.3. The number of carbonyl (C=O) groups is 1. The minimum Gasteiger partial charge on any atom is -0.351 e. The van der Waals surface area contributed by atoms with Crippen LogP contribution in [0.3, 0.4) is 0 Å². The highest BCUT2D eigenvalue weighted by atomic mass is 79.9. The van der Waals surface area contributed by atoms with Gasteiger partial charge in [0.15, 0.2) is 0 Å². The molecule has 0 bridgehead atoms. The normalized spacial score (nSPS) is 19.3. The number of nitrogens with one attached hydrogen (secondary N) is 1. The van der Waals surface area contributed by atoms with Crippen LogP contribution in [0, 0.1) is 5.82 Å². The molecule has 1 aliphatic rings. The second kappa shape index (κ2) is 5.87. The number of carbonyl (C=O) groups excluding carboxylic acids is 1. The molecule has 0 spiro atoms. The van der Waals surface area contributed by atoms with Crippen LogP contribution in [0.1, 0.15) is 23.2 Å². The highest BCUT2D eigenvalue weighted by Crippen LogP contribution is 2.25. The molecule has 17 heavy (non-hydrogen) atoms. The average Bonchev–Trinajstić information content (AvgIpc) is 2.82. The molecule has 0 radical (unpaired) electrons. The number of benzene rings is 1. The number of rotatable bonds is 3. The number of halogens is 2. The molecule has 1 heterocycles. The molecule has 1 unspecified atom stereocenters. The van der Waals surface area contributed by atoms with E-state index in [0.29, 0.717) is 21.8 Å². The Hall–Kier alpha value is -0.550. The Bertz CT molecular complexity index is 421. The Morgan fingerprint density at radius 2 is 2.41 bits per heavy atom. The van der Waals surface area contributed by atoms with Gasteiger partial charge in [-0.2, -0.15) is 11.8 Å². The van der Waals surface area contributed by atoms with E-state index in [0.717, 1.165) is 6.42 Å². The number of amides is 1. The second-order valence-corrected chi connectivity index (χ2v) is 6.24. The maximum absolute atomic E-state index is 13.0. The van der Waals surface area contributed by atoms with Crippen molar-refractivity contribution in [2.75, 3.05) is 12.3 Å². The quantitative estimate of drug-likeness (QED) is 0.927. The molecule has 92 valence electrons. The molecule has 0 aliphatic carbocycles. The van der Waals surface area contributed by atoms with Crippen molar-refractivity contribution in [3.05, 3.63) is 34.1 Å². The summed E-state index contributed by atoms with van der Waals surface area (Å²) in [5, 5.41) is 3.41. The standard InChI is InChI=1S/C12H13BrFNOS/c13-10-6-8(3-4-11(10)14)12(16)15-7-9-2-1-5-17-9/h3-4,6,9H,1-2,5,7H2,(H,15,16). The van der Waals surface area contributed by atoms with Crippen LogP contribution in [0.15, 0.2) is 22.7 Å². The predicted molar refractivity (Wildman–Crippen MR) is 71.9 cm³/mol. The maximum atomic E-state index is 13.0. The van der Waals surface area contributed by atoms with Gasteiger partial charge in [0.05, 0.1) is 4.47 Å². The van der Waals surface area contributed by atoms with Crippen LogP contribution in [-0.2, 0) is 0 Å². The Kier molecular flexibility index (Phi) is 4.45. The molecular formula is C12H13BrFNOS. The fourth-order valence-electron chi connectivity index (χ4n) is 1.75. The lowest BCUT2D eigenvalue weighted by atomic mass is 10.2. The molecule has 1 aromatic rings. The van der Waals surface area contributed by atoms with E-state index in [2.05, 4.69) is 21.2 Å². The Morgan fingerprint density at radius 3 is 3.06 bits per heavy atom. The SMILES string of the molecule is O=C(NCC1CCCS1)c1ccc(F)c(Br)c1. The molecular weight excluding hydrogens is 305 g/mol. The topological polar surface area (TPSA) is 29.1 Å². The van der Waals surface area contributed by atoms with E-state index in [4.69, 9.17) is 0 Å². The lowest BCUT2D eigenvalue weighted by molar-refractivity contribution is 0.0953. The summed E-state index contributed by atoms with van der Waals surface area (Å²) in [7, 11) is 0.